The van der Waals surface area contributed by atoms with Crippen molar-refractivity contribution in [1.82, 2.24) is 10.2 Å². The van der Waals surface area contributed by atoms with Crippen LogP contribution in [0.3, 0.4) is 0 Å². The van der Waals surface area contributed by atoms with Gasteiger partial charge in [0.25, 0.3) is 5.91 Å². The lowest BCUT2D eigenvalue weighted by Gasteiger charge is -2.25. The van der Waals surface area contributed by atoms with E-state index in [1.165, 1.54) is 43.5 Å². The van der Waals surface area contributed by atoms with E-state index in [9.17, 15) is 18.4 Å². The number of halogens is 2. The molecule has 2 aromatic rings. The standard InChI is InChI=1S/C19H18F2N2O3/c1-3-19(13-5-7-14(20)8-6-13)17(24)23(18(25)22-19)11-12-4-9-16(26-2)15(21)10-12/h4-10H,3,11H2,1-2H3,(H,22,25)/t19-/m0/s1. The van der Waals surface area contributed by atoms with Crippen LogP contribution >= 0.6 is 0 Å². The highest BCUT2D eigenvalue weighted by molar-refractivity contribution is 6.07. The lowest BCUT2D eigenvalue weighted by atomic mass is 9.87. The van der Waals surface area contributed by atoms with Gasteiger partial charge in [-0.1, -0.05) is 25.1 Å². The van der Waals surface area contributed by atoms with Crippen LogP contribution in [0, 0.1) is 11.6 Å². The molecule has 2 aromatic carbocycles. The molecule has 26 heavy (non-hydrogen) atoms. The number of methoxy groups -OCH3 is 1. The molecule has 7 heteroatoms. The molecule has 1 atom stereocenters. The van der Waals surface area contributed by atoms with Gasteiger partial charge in [-0.05, 0) is 41.8 Å². The molecule has 0 unspecified atom stereocenters. The Labute approximate surface area is 149 Å². The molecule has 136 valence electrons. The number of rotatable bonds is 5. The normalized spacial score (nSPS) is 19.6. The largest absolute Gasteiger partial charge is 0.494 e. The van der Waals surface area contributed by atoms with Gasteiger partial charge in [-0.3, -0.25) is 9.69 Å². The van der Waals surface area contributed by atoms with Gasteiger partial charge in [0.15, 0.2) is 11.6 Å². The molecule has 0 aromatic heterocycles. The zero-order valence-corrected chi connectivity index (χ0v) is 14.4. The minimum Gasteiger partial charge on any atom is -0.494 e. The van der Waals surface area contributed by atoms with Crippen LogP contribution in [-0.4, -0.2) is 23.9 Å². The number of urea groups is 1. The molecule has 1 fully saturated rings. The number of carbonyl (C=O) groups excluding carboxylic acids is 2. The summed E-state index contributed by atoms with van der Waals surface area (Å²) in [6, 6.07) is 9.13. The Balaban J connectivity index is 1.90. The number of carbonyl (C=O) groups is 2. The summed E-state index contributed by atoms with van der Waals surface area (Å²) in [5, 5.41) is 2.71. The molecular formula is C19H18F2N2O3. The van der Waals surface area contributed by atoms with E-state index in [-0.39, 0.29) is 12.3 Å². The summed E-state index contributed by atoms with van der Waals surface area (Å²) in [4.78, 5) is 26.4. The number of imide groups is 1. The highest BCUT2D eigenvalue weighted by Gasteiger charge is 2.51. The average Bonchev–Trinajstić information content (AvgIpc) is 2.87. The van der Waals surface area contributed by atoms with Crippen LogP contribution in [0.2, 0.25) is 0 Å². The Bertz CT molecular complexity index is 854. The molecule has 1 aliphatic heterocycles. The number of nitrogens with one attached hydrogen (secondary N) is 1. The second kappa shape index (κ2) is 6.74. The summed E-state index contributed by atoms with van der Waals surface area (Å²) in [5.41, 5.74) is -0.295. The quantitative estimate of drug-likeness (QED) is 0.832. The van der Waals surface area contributed by atoms with Gasteiger partial charge < -0.3 is 10.1 Å². The van der Waals surface area contributed by atoms with Gasteiger partial charge in [0.1, 0.15) is 11.4 Å². The number of amides is 3. The van der Waals surface area contributed by atoms with Gasteiger partial charge >= 0.3 is 6.03 Å². The van der Waals surface area contributed by atoms with Crippen molar-refractivity contribution in [1.29, 1.82) is 0 Å². The zero-order chi connectivity index (χ0) is 18.9. The Hall–Kier alpha value is -2.96. The van der Waals surface area contributed by atoms with E-state index in [4.69, 9.17) is 4.74 Å². The summed E-state index contributed by atoms with van der Waals surface area (Å²) in [5.74, 6) is -1.37. The Kier molecular flexibility index (Phi) is 4.63. The van der Waals surface area contributed by atoms with E-state index >= 15 is 0 Å². The van der Waals surface area contributed by atoms with E-state index in [0.29, 0.717) is 17.5 Å². The minimum atomic E-state index is -1.25. The molecule has 0 radical (unpaired) electrons. The van der Waals surface area contributed by atoms with Crippen molar-refractivity contribution in [3.05, 3.63) is 65.2 Å². The smallest absolute Gasteiger partial charge is 0.325 e. The fraction of sp³-hybridized carbons (Fsp3) is 0.263. The van der Waals surface area contributed by atoms with Crippen molar-refractivity contribution in [3.63, 3.8) is 0 Å². The second-order valence-electron chi connectivity index (χ2n) is 6.06. The minimum absolute atomic E-state index is 0.0749. The maximum Gasteiger partial charge on any atom is 0.325 e. The van der Waals surface area contributed by atoms with E-state index in [1.807, 2.05) is 0 Å². The molecule has 3 rings (SSSR count). The van der Waals surface area contributed by atoms with Gasteiger partial charge in [-0.15, -0.1) is 0 Å². The summed E-state index contributed by atoms with van der Waals surface area (Å²) < 4.78 is 32.0. The Morgan fingerprint density at radius 2 is 1.81 bits per heavy atom. The topological polar surface area (TPSA) is 58.6 Å². The third-order valence-electron chi connectivity index (χ3n) is 4.60. The monoisotopic (exact) mass is 360 g/mol. The van der Waals surface area contributed by atoms with E-state index < -0.39 is 29.1 Å². The molecule has 0 spiro atoms. The predicted molar refractivity (Wildman–Crippen MR) is 90.4 cm³/mol. The first-order valence-electron chi connectivity index (χ1n) is 8.14. The zero-order valence-electron chi connectivity index (χ0n) is 14.4. The first-order valence-corrected chi connectivity index (χ1v) is 8.14. The fourth-order valence-corrected chi connectivity index (χ4v) is 3.13. The molecule has 0 saturated carbocycles. The van der Waals surface area contributed by atoms with Crippen molar-refractivity contribution < 1.29 is 23.1 Å². The van der Waals surface area contributed by atoms with Crippen LogP contribution in [0.4, 0.5) is 13.6 Å². The average molecular weight is 360 g/mol. The van der Waals surface area contributed by atoms with Crippen LogP contribution < -0.4 is 10.1 Å². The van der Waals surface area contributed by atoms with E-state index in [0.717, 1.165) is 4.90 Å². The number of ether oxygens (including phenoxy) is 1. The molecular weight excluding hydrogens is 342 g/mol. The fourth-order valence-electron chi connectivity index (χ4n) is 3.13. The number of benzene rings is 2. The van der Waals surface area contributed by atoms with Crippen LogP contribution in [0.25, 0.3) is 0 Å². The lowest BCUT2D eigenvalue weighted by molar-refractivity contribution is -0.132. The third kappa shape index (κ3) is 2.89. The molecule has 3 amide bonds. The Morgan fingerprint density at radius 1 is 1.12 bits per heavy atom. The van der Waals surface area contributed by atoms with Crippen molar-refractivity contribution in [2.75, 3.05) is 7.11 Å². The van der Waals surface area contributed by atoms with Crippen LogP contribution in [-0.2, 0) is 16.9 Å². The summed E-state index contributed by atoms with van der Waals surface area (Å²) in [6.45, 7) is 1.69. The van der Waals surface area contributed by atoms with Crippen LogP contribution in [0.15, 0.2) is 42.5 Å². The van der Waals surface area contributed by atoms with Crippen LogP contribution in [0.1, 0.15) is 24.5 Å². The molecule has 5 nitrogen and oxygen atoms in total. The molecule has 0 aliphatic carbocycles. The third-order valence-corrected chi connectivity index (χ3v) is 4.60. The second-order valence-corrected chi connectivity index (χ2v) is 6.06. The van der Waals surface area contributed by atoms with Gasteiger partial charge in [0, 0.05) is 0 Å². The molecule has 1 heterocycles. The summed E-state index contributed by atoms with van der Waals surface area (Å²) in [7, 11) is 1.35. The highest BCUT2D eigenvalue weighted by atomic mass is 19.1. The first kappa shape index (κ1) is 17.8. The van der Waals surface area contributed by atoms with Crippen LogP contribution in [0.5, 0.6) is 5.75 Å². The first-order chi connectivity index (χ1) is 12.4. The molecule has 1 saturated heterocycles. The maximum absolute atomic E-state index is 13.9. The number of hydrogen-bond donors (Lipinski definition) is 1. The summed E-state index contributed by atoms with van der Waals surface area (Å²) >= 11 is 0. The van der Waals surface area contributed by atoms with Crippen molar-refractivity contribution in [2.45, 2.75) is 25.4 Å². The van der Waals surface area contributed by atoms with Gasteiger partial charge in [0.05, 0.1) is 13.7 Å². The predicted octanol–water partition coefficient (Wildman–Crippen LogP) is 3.33. The van der Waals surface area contributed by atoms with Crippen molar-refractivity contribution in [2.24, 2.45) is 0 Å². The van der Waals surface area contributed by atoms with E-state index in [2.05, 4.69) is 5.32 Å². The van der Waals surface area contributed by atoms with Gasteiger partial charge in [-0.2, -0.15) is 0 Å². The van der Waals surface area contributed by atoms with Gasteiger partial charge in [-0.25, -0.2) is 13.6 Å². The molecule has 1 aliphatic rings. The molecule has 0 bridgehead atoms. The lowest BCUT2D eigenvalue weighted by Crippen LogP contribution is -2.43. The number of nitrogens with zero attached hydrogens (tertiary/aromatic N) is 1. The van der Waals surface area contributed by atoms with Crippen molar-refractivity contribution >= 4 is 11.9 Å². The molecule has 1 N–H and O–H groups in total. The maximum atomic E-state index is 13.9. The number of hydrogen-bond acceptors (Lipinski definition) is 3. The van der Waals surface area contributed by atoms with E-state index in [1.54, 1.807) is 13.0 Å². The SMILES string of the molecule is CC[C@@]1(c2ccc(F)cc2)NC(=O)N(Cc2ccc(OC)c(F)c2)C1=O. The summed E-state index contributed by atoms with van der Waals surface area (Å²) in [6.07, 6.45) is 0.302. The van der Waals surface area contributed by atoms with Gasteiger partial charge in [0.2, 0.25) is 0 Å². The highest BCUT2D eigenvalue weighted by Crippen LogP contribution is 2.33. The Morgan fingerprint density at radius 3 is 2.38 bits per heavy atom. The van der Waals surface area contributed by atoms with Crippen molar-refractivity contribution in [3.8, 4) is 5.75 Å².